The van der Waals surface area contributed by atoms with Crippen LogP contribution in [0.15, 0.2) is 18.2 Å². The Hall–Kier alpha value is -1.61. The molecule has 2 rings (SSSR count). The van der Waals surface area contributed by atoms with E-state index in [2.05, 4.69) is 50.6 Å². The predicted molar refractivity (Wildman–Crippen MR) is 86.6 cm³/mol. The number of hydrogen-bond acceptors (Lipinski definition) is 2. The first kappa shape index (κ1) is 15.8. The van der Waals surface area contributed by atoms with Crippen molar-refractivity contribution in [1.29, 1.82) is 0 Å². The van der Waals surface area contributed by atoms with Gasteiger partial charge in [0.05, 0.1) is 18.3 Å². The van der Waals surface area contributed by atoms with Gasteiger partial charge in [0.25, 0.3) is 0 Å². The third-order valence-corrected chi connectivity index (χ3v) is 4.21. The number of nitrogens with zero attached hydrogens (tertiary/aromatic N) is 2. The van der Waals surface area contributed by atoms with Crippen molar-refractivity contribution in [2.45, 2.75) is 60.1 Å². The lowest BCUT2D eigenvalue weighted by Gasteiger charge is -2.13. The molecule has 0 fully saturated rings. The highest BCUT2D eigenvalue weighted by Crippen LogP contribution is 2.25. The first-order valence-electron chi connectivity index (χ1n) is 7.81. The molecule has 1 N–H and O–H groups in total. The molecule has 3 nitrogen and oxygen atoms in total. The molecular weight excluding hydrogens is 260 g/mol. The summed E-state index contributed by atoms with van der Waals surface area (Å²) < 4.78 is 2.08. The molecule has 1 heterocycles. The highest BCUT2D eigenvalue weighted by Gasteiger charge is 2.19. The van der Waals surface area contributed by atoms with Crippen molar-refractivity contribution in [3.05, 3.63) is 51.8 Å². The van der Waals surface area contributed by atoms with E-state index in [-0.39, 0.29) is 0 Å². The van der Waals surface area contributed by atoms with E-state index < -0.39 is 6.10 Å². The monoisotopic (exact) mass is 286 g/mol. The molecule has 1 aromatic carbocycles. The Bertz CT molecular complexity index is 606. The van der Waals surface area contributed by atoms with E-state index in [4.69, 9.17) is 5.10 Å². The second kappa shape index (κ2) is 6.44. The van der Waals surface area contributed by atoms with Gasteiger partial charge in [-0.05, 0) is 50.3 Å². The van der Waals surface area contributed by atoms with E-state index in [1.54, 1.807) is 0 Å². The number of benzene rings is 1. The van der Waals surface area contributed by atoms with Gasteiger partial charge in [-0.15, -0.1) is 0 Å². The number of aryl methyl sites for hydroxylation is 3. The topological polar surface area (TPSA) is 38.0 Å². The van der Waals surface area contributed by atoms with E-state index >= 15 is 0 Å². The summed E-state index contributed by atoms with van der Waals surface area (Å²) in [7, 11) is 0. The zero-order valence-corrected chi connectivity index (χ0v) is 13.8. The van der Waals surface area contributed by atoms with Gasteiger partial charge in [-0.3, -0.25) is 4.68 Å². The molecular formula is C18H26N2O. The zero-order chi connectivity index (χ0) is 15.6. The molecule has 1 aromatic heterocycles. The molecule has 1 unspecified atom stereocenters. The Labute approximate surface area is 127 Å². The molecule has 0 radical (unpaired) electrons. The van der Waals surface area contributed by atoms with Gasteiger partial charge in [-0.25, -0.2) is 0 Å². The lowest BCUT2D eigenvalue weighted by Crippen LogP contribution is -2.09. The zero-order valence-electron chi connectivity index (χ0n) is 13.8. The molecule has 0 bridgehead atoms. The van der Waals surface area contributed by atoms with Crippen LogP contribution in [0.1, 0.15) is 60.5 Å². The van der Waals surface area contributed by atoms with Gasteiger partial charge in [-0.1, -0.05) is 32.0 Å². The van der Waals surface area contributed by atoms with Gasteiger partial charge < -0.3 is 5.11 Å². The van der Waals surface area contributed by atoms with Crippen LogP contribution in [0.5, 0.6) is 0 Å². The lowest BCUT2D eigenvalue weighted by molar-refractivity contribution is 0.197. The maximum Gasteiger partial charge on any atom is 0.0798 e. The summed E-state index contributed by atoms with van der Waals surface area (Å²) in [6, 6.07) is 6.39. The second-order valence-electron chi connectivity index (χ2n) is 5.72. The first-order valence-corrected chi connectivity index (χ1v) is 7.81. The van der Waals surface area contributed by atoms with Crippen molar-refractivity contribution in [1.82, 2.24) is 9.78 Å². The molecule has 0 aliphatic rings. The molecule has 0 aliphatic carbocycles. The third-order valence-electron chi connectivity index (χ3n) is 4.21. The average Bonchev–Trinajstić information content (AvgIpc) is 2.80. The van der Waals surface area contributed by atoms with Crippen molar-refractivity contribution in [2.75, 3.05) is 0 Å². The van der Waals surface area contributed by atoms with Crippen LogP contribution in [0.3, 0.4) is 0 Å². The lowest BCUT2D eigenvalue weighted by atomic mass is 10.0. The normalized spacial score (nSPS) is 12.7. The Balaban J connectivity index is 2.50. The van der Waals surface area contributed by atoms with Crippen LogP contribution in [-0.4, -0.2) is 14.9 Å². The highest BCUT2D eigenvalue weighted by atomic mass is 16.3. The molecule has 0 amide bonds. The summed E-state index contributed by atoms with van der Waals surface area (Å²) in [4.78, 5) is 0. The van der Waals surface area contributed by atoms with Crippen molar-refractivity contribution in [3.8, 4) is 0 Å². The SMILES string of the molecule is CCc1nn(Cc2c(C)cccc2C)c(CC)c1C(C)O. The molecule has 2 aromatic rings. The fourth-order valence-electron chi connectivity index (χ4n) is 3.06. The fourth-order valence-corrected chi connectivity index (χ4v) is 3.06. The number of aromatic nitrogens is 2. The van der Waals surface area contributed by atoms with Crippen LogP contribution in [-0.2, 0) is 19.4 Å². The number of hydrogen-bond donors (Lipinski definition) is 1. The Morgan fingerprint density at radius 3 is 2.24 bits per heavy atom. The molecule has 21 heavy (non-hydrogen) atoms. The van der Waals surface area contributed by atoms with Gasteiger partial charge >= 0.3 is 0 Å². The largest absolute Gasteiger partial charge is 0.389 e. The van der Waals surface area contributed by atoms with Crippen molar-refractivity contribution in [3.63, 3.8) is 0 Å². The molecule has 3 heteroatoms. The summed E-state index contributed by atoms with van der Waals surface area (Å²) in [5.74, 6) is 0. The van der Waals surface area contributed by atoms with Crippen LogP contribution in [0.4, 0.5) is 0 Å². The van der Waals surface area contributed by atoms with Crippen LogP contribution in [0.2, 0.25) is 0 Å². The standard InChI is InChI=1S/C18H26N2O/c1-6-16-18(14(5)21)17(7-2)20(19-16)11-15-12(3)9-8-10-13(15)4/h8-10,14,21H,6-7,11H2,1-5H3. The first-order chi connectivity index (χ1) is 9.99. The molecule has 1 atom stereocenters. The summed E-state index contributed by atoms with van der Waals surface area (Å²) in [6.45, 7) is 11.1. The average molecular weight is 286 g/mol. The van der Waals surface area contributed by atoms with Gasteiger partial charge in [-0.2, -0.15) is 5.10 Å². The minimum atomic E-state index is -0.457. The van der Waals surface area contributed by atoms with Crippen molar-refractivity contribution < 1.29 is 5.11 Å². The van der Waals surface area contributed by atoms with Crippen LogP contribution < -0.4 is 0 Å². The summed E-state index contributed by atoms with van der Waals surface area (Å²) in [5.41, 5.74) is 7.12. The van der Waals surface area contributed by atoms with Crippen LogP contribution in [0, 0.1) is 13.8 Å². The maximum absolute atomic E-state index is 10.1. The van der Waals surface area contributed by atoms with Crippen LogP contribution >= 0.6 is 0 Å². The van der Waals surface area contributed by atoms with Crippen molar-refractivity contribution >= 4 is 0 Å². The number of aliphatic hydroxyl groups excluding tert-OH is 1. The molecule has 114 valence electrons. The van der Waals surface area contributed by atoms with E-state index in [1.807, 2.05) is 6.92 Å². The van der Waals surface area contributed by atoms with Crippen molar-refractivity contribution in [2.24, 2.45) is 0 Å². The fraction of sp³-hybridized carbons (Fsp3) is 0.500. The number of rotatable bonds is 5. The van der Waals surface area contributed by atoms with E-state index in [0.29, 0.717) is 0 Å². The third kappa shape index (κ3) is 3.03. The van der Waals surface area contributed by atoms with Gasteiger partial charge in [0.15, 0.2) is 0 Å². The van der Waals surface area contributed by atoms with Gasteiger partial charge in [0.1, 0.15) is 0 Å². The Kier molecular flexibility index (Phi) is 4.84. The molecule has 0 spiro atoms. The van der Waals surface area contributed by atoms with Gasteiger partial charge in [0.2, 0.25) is 0 Å². The minimum Gasteiger partial charge on any atom is -0.389 e. The minimum absolute atomic E-state index is 0.457. The maximum atomic E-state index is 10.1. The summed E-state index contributed by atoms with van der Waals surface area (Å²) >= 11 is 0. The highest BCUT2D eigenvalue weighted by molar-refractivity contribution is 5.35. The predicted octanol–water partition coefficient (Wildman–Crippen LogP) is 3.73. The van der Waals surface area contributed by atoms with E-state index in [9.17, 15) is 5.11 Å². The second-order valence-corrected chi connectivity index (χ2v) is 5.72. The Morgan fingerprint density at radius 2 is 1.76 bits per heavy atom. The summed E-state index contributed by atoms with van der Waals surface area (Å²) in [6.07, 6.45) is 1.28. The Morgan fingerprint density at radius 1 is 1.14 bits per heavy atom. The quantitative estimate of drug-likeness (QED) is 0.909. The molecule has 0 saturated heterocycles. The molecule has 0 aliphatic heterocycles. The van der Waals surface area contributed by atoms with Crippen LogP contribution in [0.25, 0.3) is 0 Å². The summed E-state index contributed by atoms with van der Waals surface area (Å²) in [5, 5.41) is 14.8. The smallest absolute Gasteiger partial charge is 0.0798 e. The van der Waals surface area contributed by atoms with E-state index in [1.165, 1.54) is 16.7 Å². The number of aliphatic hydroxyl groups is 1. The molecule has 0 saturated carbocycles. The van der Waals surface area contributed by atoms with E-state index in [0.717, 1.165) is 36.3 Å². The van der Waals surface area contributed by atoms with Gasteiger partial charge in [0, 0.05) is 11.3 Å².